The van der Waals surface area contributed by atoms with Gasteiger partial charge in [0.15, 0.2) is 17.3 Å². The number of benzene rings is 1. The summed E-state index contributed by atoms with van der Waals surface area (Å²) in [6, 6.07) is 4.94. The summed E-state index contributed by atoms with van der Waals surface area (Å²) < 4.78 is 31.5. The molecule has 3 aromatic rings. The van der Waals surface area contributed by atoms with Crippen LogP contribution in [0, 0.1) is 11.7 Å². The summed E-state index contributed by atoms with van der Waals surface area (Å²) in [5.74, 6) is -0.931. The molecule has 35 heavy (non-hydrogen) atoms. The lowest BCUT2D eigenvalue weighted by Crippen LogP contribution is -2.39. The standard InChI is InChI=1S/C25H24ClFN2O5S/c1-4-23(31)29-17-12-34-11-14(17)6-15-5-13-7-21(35-22(13)10-28-15)18(30)8-16-24(26)19(32-2)9-20(33-3)25(16)27/h4-5,7,9-10,14,17H,1,6,8,11-12H2,2-3H3,(H,29,31). The maximum absolute atomic E-state index is 14.8. The molecular formula is C25H24ClFN2O5S. The van der Waals surface area contributed by atoms with Crippen molar-refractivity contribution in [1.29, 1.82) is 0 Å². The van der Waals surface area contributed by atoms with Crippen LogP contribution in [0.2, 0.25) is 5.02 Å². The minimum atomic E-state index is -0.686. The Labute approximate surface area is 210 Å². The molecule has 1 N–H and O–H groups in total. The third-order valence-corrected chi connectivity index (χ3v) is 7.46. The zero-order valence-corrected chi connectivity index (χ0v) is 20.8. The Morgan fingerprint density at radius 2 is 2.06 bits per heavy atom. The van der Waals surface area contributed by atoms with Crippen molar-refractivity contribution in [2.45, 2.75) is 18.9 Å². The number of carbonyl (C=O) groups excluding carboxylic acids is 2. The first-order valence-electron chi connectivity index (χ1n) is 10.9. The molecule has 0 radical (unpaired) electrons. The molecule has 1 saturated heterocycles. The van der Waals surface area contributed by atoms with Crippen LogP contribution in [0.1, 0.15) is 20.9 Å². The number of hydrogen-bond donors (Lipinski definition) is 1. The molecule has 1 fully saturated rings. The number of fused-ring (bicyclic) bond motifs is 1. The van der Waals surface area contributed by atoms with Gasteiger partial charge in [-0.2, -0.15) is 0 Å². The van der Waals surface area contributed by atoms with E-state index in [1.807, 2.05) is 6.07 Å². The molecule has 7 nitrogen and oxygen atoms in total. The van der Waals surface area contributed by atoms with Crippen LogP contribution in [0.5, 0.6) is 11.5 Å². The molecule has 1 aliphatic heterocycles. The second kappa shape index (κ2) is 10.7. The van der Waals surface area contributed by atoms with Crippen LogP contribution in [-0.4, -0.2) is 50.1 Å². The second-order valence-corrected chi connectivity index (χ2v) is 9.59. The maximum Gasteiger partial charge on any atom is 0.243 e. The van der Waals surface area contributed by atoms with Crippen molar-refractivity contribution in [3.63, 3.8) is 0 Å². The molecule has 1 aliphatic rings. The first-order chi connectivity index (χ1) is 16.8. The molecular weight excluding hydrogens is 495 g/mol. The van der Waals surface area contributed by atoms with Crippen LogP contribution in [0.15, 0.2) is 37.1 Å². The average molecular weight is 519 g/mol. The van der Waals surface area contributed by atoms with Gasteiger partial charge in [0.2, 0.25) is 5.91 Å². The monoisotopic (exact) mass is 518 g/mol. The van der Waals surface area contributed by atoms with Gasteiger partial charge in [-0.15, -0.1) is 11.3 Å². The zero-order chi connectivity index (χ0) is 25.1. The van der Waals surface area contributed by atoms with E-state index < -0.39 is 5.82 Å². The Hall–Kier alpha value is -3.01. The molecule has 0 bridgehead atoms. The number of hydrogen-bond acceptors (Lipinski definition) is 7. The molecule has 2 aromatic heterocycles. The van der Waals surface area contributed by atoms with Gasteiger partial charge in [-0.05, 0) is 30.0 Å². The van der Waals surface area contributed by atoms with Crippen LogP contribution < -0.4 is 14.8 Å². The summed E-state index contributed by atoms with van der Waals surface area (Å²) in [6.45, 7) is 4.44. The molecule has 3 heterocycles. The molecule has 10 heteroatoms. The summed E-state index contributed by atoms with van der Waals surface area (Å²) in [7, 11) is 2.75. The number of Topliss-reactive ketones (excluding diaryl/α,β-unsaturated/α-hetero) is 1. The van der Waals surface area contributed by atoms with Gasteiger partial charge < -0.3 is 19.5 Å². The number of nitrogens with one attached hydrogen (secondary N) is 1. The van der Waals surface area contributed by atoms with Crippen molar-refractivity contribution < 1.29 is 28.2 Å². The third kappa shape index (κ3) is 5.32. The highest BCUT2D eigenvalue weighted by Gasteiger charge is 2.30. The molecule has 1 amide bonds. The predicted molar refractivity (Wildman–Crippen MR) is 132 cm³/mol. The van der Waals surface area contributed by atoms with Gasteiger partial charge in [0.05, 0.1) is 48.1 Å². The van der Waals surface area contributed by atoms with Crippen molar-refractivity contribution >= 4 is 44.7 Å². The number of ketones is 1. The fourth-order valence-electron chi connectivity index (χ4n) is 4.05. The number of pyridine rings is 1. The van der Waals surface area contributed by atoms with Crippen molar-refractivity contribution in [3.05, 3.63) is 64.0 Å². The van der Waals surface area contributed by atoms with Crippen molar-refractivity contribution in [3.8, 4) is 11.5 Å². The maximum atomic E-state index is 14.8. The van der Waals surface area contributed by atoms with Crippen molar-refractivity contribution in [2.75, 3.05) is 27.4 Å². The Morgan fingerprint density at radius 3 is 2.77 bits per heavy atom. The minimum absolute atomic E-state index is 0.0259. The van der Waals surface area contributed by atoms with E-state index in [2.05, 4.69) is 16.9 Å². The van der Waals surface area contributed by atoms with E-state index in [1.54, 1.807) is 12.3 Å². The van der Waals surface area contributed by atoms with E-state index >= 15 is 0 Å². The smallest absolute Gasteiger partial charge is 0.243 e. The first-order valence-corrected chi connectivity index (χ1v) is 12.0. The third-order valence-electron chi connectivity index (χ3n) is 5.92. The van der Waals surface area contributed by atoms with Gasteiger partial charge in [0.1, 0.15) is 5.75 Å². The Balaban J connectivity index is 1.53. The summed E-state index contributed by atoms with van der Waals surface area (Å²) in [4.78, 5) is 29.7. The van der Waals surface area contributed by atoms with Gasteiger partial charge in [0, 0.05) is 35.9 Å². The average Bonchev–Trinajstić information content (AvgIpc) is 3.48. The number of aromatic nitrogens is 1. The van der Waals surface area contributed by atoms with Crippen LogP contribution in [0.25, 0.3) is 10.1 Å². The predicted octanol–water partition coefficient (Wildman–Crippen LogP) is 4.39. The number of rotatable bonds is 9. The van der Waals surface area contributed by atoms with E-state index in [4.69, 9.17) is 25.8 Å². The second-order valence-electron chi connectivity index (χ2n) is 8.13. The van der Waals surface area contributed by atoms with Gasteiger partial charge in [-0.3, -0.25) is 14.6 Å². The van der Waals surface area contributed by atoms with Crippen LogP contribution in [0.3, 0.4) is 0 Å². The normalized spacial score (nSPS) is 17.4. The number of halogens is 2. The lowest BCUT2D eigenvalue weighted by atomic mass is 9.97. The summed E-state index contributed by atoms with van der Waals surface area (Å²) in [6.07, 6.45) is 3.34. The highest BCUT2D eigenvalue weighted by atomic mass is 35.5. The summed E-state index contributed by atoms with van der Waals surface area (Å²) >= 11 is 7.57. The molecule has 0 aliphatic carbocycles. The van der Waals surface area contributed by atoms with Gasteiger partial charge in [0.25, 0.3) is 0 Å². The van der Waals surface area contributed by atoms with E-state index in [1.165, 1.54) is 37.7 Å². The lowest BCUT2D eigenvalue weighted by Gasteiger charge is -2.17. The van der Waals surface area contributed by atoms with E-state index in [-0.39, 0.29) is 52.2 Å². The SMILES string of the molecule is C=CC(=O)NC1COCC1Cc1cc2cc(C(=O)Cc3c(F)c(OC)cc(OC)c3Cl)sc2cn1. The highest BCUT2D eigenvalue weighted by Crippen LogP contribution is 2.37. The van der Waals surface area contributed by atoms with E-state index in [0.29, 0.717) is 24.5 Å². The Bertz CT molecular complexity index is 1270. The van der Waals surface area contributed by atoms with Crippen LogP contribution >= 0.6 is 22.9 Å². The molecule has 0 spiro atoms. The van der Waals surface area contributed by atoms with Crippen molar-refractivity contribution in [2.24, 2.45) is 5.92 Å². The largest absolute Gasteiger partial charge is 0.495 e. The van der Waals surface area contributed by atoms with Crippen LogP contribution in [-0.2, 0) is 22.4 Å². The zero-order valence-electron chi connectivity index (χ0n) is 19.2. The fourth-order valence-corrected chi connectivity index (χ4v) is 5.28. The number of ether oxygens (including phenoxy) is 3. The number of amides is 1. The molecule has 2 atom stereocenters. The minimum Gasteiger partial charge on any atom is -0.495 e. The van der Waals surface area contributed by atoms with Gasteiger partial charge in [-0.25, -0.2) is 4.39 Å². The summed E-state index contributed by atoms with van der Waals surface area (Å²) in [5.41, 5.74) is 0.854. The van der Waals surface area contributed by atoms with E-state index in [9.17, 15) is 14.0 Å². The molecule has 2 unspecified atom stereocenters. The Morgan fingerprint density at radius 1 is 1.29 bits per heavy atom. The number of carbonyl (C=O) groups is 2. The molecule has 1 aromatic carbocycles. The quantitative estimate of drug-likeness (QED) is 0.334. The summed E-state index contributed by atoms with van der Waals surface area (Å²) in [5, 5.41) is 3.80. The number of thiophene rings is 1. The number of methoxy groups -OCH3 is 2. The lowest BCUT2D eigenvalue weighted by molar-refractivity contribution is -0.117. The van der Waals surface area contributed by atoms with Gasteiger partial charge >= 0.3 is 0 Å². The van der Waals surface area contributed by atoms with Crippen LogP contribution in [0.4, 0.5) is 4.39 Å². The Kier molecular flexibility index (Phi) is 7.69. The van der Waals surface area contributed by atoms with E-state index in [0.717, 1.165) is 15.8 Å². The van der Waals surface area contributed by atoms with Crippen molar-refractivity contribution in [1.82, 2.24) is 10.3 Å². The molecule has 184 valence electrons. The molecule has 0 saturated carbocycles. The first kappa shape index (κ1) is 25.1. The fraction of sp³-hybridized carbons (Fsp3) is 0.320. The highest BCUT2D eigenvalue weighted by molar-refractivity contribution is 7.20. The number of nitrogens with zero attached hydrogens (tertiary/aromatic N) is 1. The molecule has 4 rings (SSSR count). The topological polar surface area (TPSA) is 86.8 Å². The van der Waals surface area contributed by atoms with Gasteiger partial charge in [-0.1, -0.05) is 18.2 Å².